The summed E-state index contributed by atoms with van der Waals surface area (Å²) in [4.78, 5) is 9.98. The van der Waals surface area contributed by atoms with Gasteiger partial charge in [0.25, 0.3) is 0 Å². The van der Waals surface area contributed by atoms with Crippen molar-refractivity contribution in [1.82, 2.24) is 9.88 Å². The van der Waals surface area contributed by atoms with Crippen LogP contribution >= 0.6 is 24.0 Å². The molecule has 2 rings (SSSR count). The fraction of sp³-hybridized carbons (Fsp3) is 0.538. The summed E-state index contributed by atoms with van der Waals surface area (Å²) in [7, 11) is 0. The van der Waals surface area contributed by atoms with Crippen LogP contribution < -0.4 is 10.5 Å². The first-order valence-electron chi connectivity index (χ1n) is 6.56. The van der Waals surface area contributed by atoms with Gasteiger partial charge in [-0.05, 0) is 19.1 Å². The zero-order chi connectivity index (χ0) is 14.4. The van der Waals surface area contributed by atoms with Crippen molar-refractivity contribution in [1.29, 1.82) is 0 Å². The molecule has 1 unspecified atom stereocenters. The van der Waals surface area contributed by atoms with Crippen LogP contribution in [0.3, 0.4) is 0 Å². The third kappa shape index (κ3) is 5.62. The molecule has 1 aliphatic rings. The first-order valence-corrected chi connectivity index (χ1v) is 6.56. The highest BCUT2D eigenvalue weighted by molar-refractivity contribution is 14.0. The number of hydrogen-bond acceptors (Lipinski definition) is 4. The number of hydrogen-bond donors (Lipinski definition) is 1. The lowest BCUT2D eigenvalue weighted by atomic mass is 10.3. The van der Waals surface area contributed by atoms with Crippen LogP contribution in [0.1, 0.15) is 6.92 Å². The largest absolute Gasteiger partial charge is 0.474 e. The minimum atomic E-state index is -0.480. The molecular weight excluding hydrogens is 390 g/mol. The Hall–Kier alpha value is -1.16. The van der Waals surface area contributed by atoms with Crippen LogP contribution in [-0.4, -0.2) is 54.8 Å². The van der Waals surface area contributed by atoms with E-state index >= 15 is 0 Å². The second kappa shape index (κ2) is 8.98. The van der Waals surface area contributed by atoms with Gasteiger partial charge in [0.2, 0.25) is 5.88 Å². The van der Waals surface area contributed by atoms with Crippen molar-refractivity contribution < 1.29 is 13.9 Å². The number of rotatable bonds is 4. The first kappa shape index (κ1) is 17.9. The van der Waals surface area contributed by atoms with Crippen molar-refractivity contribution in [3.63, 3.8) is 0 Å². The number of ether oxygens (including phenoxy) is 2. The van der Waals surface area contributed by atoms with E-state index in [0.717, 1.165) is 13.1 Å². The first-order chi connectivity index (χ1) is 9.66. The van der Waals surface area contributed by atoms with Gasteiger partial charge in [-0.25, -0.2) is 14.4 Å². The summed E-state index contributed by atoms with van der Waals surface area (Å²) >= 11 is 0. The quantitative estimate of drug-likeness (QED) is 0.350. The molecule has 2 heterocycles. The number of guanidine groups is 1. The van der Waals surface area contributed by atoms with E-state index in [1.807, 2.05) is 11.8 Å². The van der Waals surface area contributed by atoms with Gasteiger partial charge >= 0.3 is 0 Å². The highest BCUT2D eigenvalue weighted by Crippen LogP contribution is 2.10. The number of morpholine rings is 1. The molecule has 118 valence electrons. The Morgan fingerprint density at radius 1 is 1.67 bits per heavy atom. The molecule has 0 amide bonds. The molecule has 0 bridgehead atoms. The average molecular weight is 410 g/mol. The zero-order valence-electron chi connectivity index (χ0n) is 11.9. The molecule has 8 heteroatoms. The van der Waals surface area contributed by atoms with Crippen molar-refractivity contribution in [3.05, 3.63) is 24.1 Å². The predicted molar refractivity (Wildman–Crippen MR) is 88.6 cm³/mol. The number of aromatic nitrogens is 1. The molecule has 6 nitrogen and oxygen atoms in total. The van der Waals surface area contributed by atoms with Crippen LogP contribution in [0.4, 0.5) is 4.39 Å². The van der Waals surface area contributed by atoms with Gasteiger partial charge in [-0.2, -0.15) is 0 Å². The summed E-state index contributed by atoms with van der Waals surface area (Å²) < 4.78 is 23.9. The predicted octanol–water partition coefficient (Wildman–Crippen LogP) is 1.25. The monoisotopic (exact) mass is 410 g/mol. The van der Waals surface area contributed by atoms with E-state index in [4.69, 9.17) is 15.2 Å². The van der Waals surface area contributed by atoms with E-state index in [-0.39, 0.29) is 42.6 Å². The normalized spacial score (nSPS) is 19.0. The minimum Gasteiger partial charge on any atom is -0.474 e. The Kier molecular flexibility index (Phi) is 7.65. The zero-order valence-corrected chi connectivity index (χ0v) is 14.2. The highest BCUT2D eigenvalue weighted by Gasteiger charge is 2.17. The highest BCUT2D eigenvalue weighted by atomic mass is 127. The van der Waals surface area contributed by atoms with Crippen molar-refractivity contribution >= 4 is 29.9 Å². The Balaban J connectivity index is 0.00000220. The lowest BCUT2D eigenvalue weighted by Crippen LogP contribution is -2.48. The van der Waals surface area contributed by atoms with Crippen molar-refractivity contribution in [2.24, 2.45) is 10.7 Å². The van der Waals surface area contributed by atoms with E-state index in [0.29, 0.717) is 19.1 Å². The van der Waals surface area contributed by atoms with Crippen LogP contribution in [0.5, 0.6) is 5.88 Å². The fourth-order valence-electron chi connectivity index (χ4n) is 1.91. The summed E-state index contributed by atoms with van der Waals surface area (Å²) in [6, 6.07) is 2.81. The summed E-state index contributed by atoms with van der Waals surface area (Å²) in [5.74, 6) is -0.0297. The van der Waals surface area contributed by atoms with Gasteiger partial charge in [-0.15, -0.1) is 24.0 Å². The molecule has 0 radical (unpaired) electrons. The summed E-state index contributed by atoms with van der Waals surface area (Å²) in [6.07, 6.45) is 1.63. The number of aliphatic imine (C=N–C) groups is 1. The molecule has 1 fully saturated rings. The van der Waals surface area contributed by atoms with Gasteiger partial charge in [0.05, 0.1) is 19.3 Å². The lowest BCUT2D eigenvalue weighted by Gasteiger charge is -2.31. The Morgan fingerprint density at radius 2 is 2.48 bits per heavy atom. The minimum absolute atomic E-state index is 0. The van der Waals surface area contributed by atoms with Crippen molar-refractivity contribution in [2.75, 3.05) is 32.8 Å². The summed E-state index contributed by atoms with van der Waals surface area (Å²) in [5, 5.41) is 0. The van der Waals surface area contributed by atoms with Gasteiger partial charge in [0.1, 0.15) is 6.61 Å². The Bertz CT molecular complexity index is 475. The maximum atomic E-state index is 13.2. The second-order valence-corrected chi connectivity index (χ2v) is 4.51. The number of nitrogens with zero attached hydrogens (tertiary/aromatic N) is 3. The van der Waals surface area contributed by atoms with Gasteiger partial charge < -0.3 is 20.1 Å². The van der Waals surface area contributed by atoms with Crippen molar-refractivity contribution in [3.8, 4) is 5.88 Å². The molecule has 0 spiro atoms. The maximum Gasteiger partial charge on any atom is 0.250 e. The van der Waals surface area contributed by atoms with Crippen LogP contribution in [0.25, 0.3) is 0 Å². The van der Waals surface area contributed by atoms with E-state index in [1.165, 1.54) is 18.3 Å². The standard InChI is InChI=1S/C13H19FN4O2.HI/c1-10-9-18(6-8-19-10)13(15)17-5-7-20-12-11(14)3-2-4-16-12;/h2-4,10H,5-9H2,1H3,(H2,15,17);1H. The average Bonchev–Trinajstić information content (AvgIpc) is 2.45. The number of pyridine rings is 1. The second-order valence-electron chi connectivity index (χ2n) is 4.51. The molecule has 1 atom stereocenters. The molecule has 1 aliphatic heterocycles. The van der Waals surface area contributed by atoms with Gasteiger partial charge in [0, 0.05) is 19.3 Å². The third-order valence-corrected chi connectivity index (χ3v) is 2.89. The summed E-state index contributed by atoms with van der Waals surface area (Å²) in [5.41, 5.74) is 5.90. The molecular formula is C13H20FIN4O2. The van der Waals surface area contributed by atoms with Crippen LogP contribution in [-0.2, 0) is 4.74 Å². The molecule has 0 saturated carbocycles. The van der Waals surface area contributed by atoms with E-state index in [9.17, 15) is 4.39 Å². The smallest absolute Gasteiger partial charge is 0.250 e. The van der Waals surface area contributed by atoms with Crippen molar-refractivity contribution in [2.45, 2.75) is 13.0 Å². The van der Waals surface area contributed by atoms with Gasteiger partial charge in [-0.3, -0.25) is 0 Å². The van der Waals surface area contributed by atoms with Gasteiger partial charge in [0.15, 0.2) is 11.8 Å². The van der Waals surface area contributed by atoms with E-state index in [2.05, 4.69) is 9.98 Å². The molecule has 0 aromatic carbocycles. The fourth-order valence-corrected chi connectivity index (χ4v) is 1.91. The molecule has 1 saturated heterocycles. The van der Waals surface area contributed by atoms with E-state index < -0.39 is 5.82 Å². The Morgan fingerprint density at radius 3 is 3.19 bits per heavy atom. The number of halogens is 2. The SMILES string of the molecule is CC1CN(C(N)=NCCOc2ncccc2F)CCO1.I. The molecule has 0 aliphatic carbocycles. The van der Waals surface area contributed by atoms with Crippen LogP contribution in [0, 0.1) is 5.82 Å². The van der Waals surface area contributed by atoms with Gasteiger partial charge in [-0.1, -0.05) is 0 Å². The Labute approximate surface area is 140 Å². The molecule has 2 N–H and O–H groups in total. The summed E-state index contributed by atoms with van der Waals surface area (Å²) in [6.45, 7) is 4.68. The van der Waals surface area contributed by atoms with Crippen LogP contribution in [0.15, 0.2) is 23.3 Å². The lowest BCUT2D eigenvalue weighted by molar-refractivity contribution is 0.00528. The van der Waals surface area contributed by atoms with Crippen LogP contribution in [0.2, 0.25) is 0 Å². The molecule has 21 heavy (non-hydrogen) atoms. The molecule has 1 aromatic heterocycles. The number of nitrogens with two attached hydrogens (primary N) is 1. The maximum absolute atomic E-state index is 13.2. The topological polar surface area (TPSA) is 73.0 Å². The third-order valence-electron chi connectivity index (χ3n) is 2.89. The van der Waals surface area contributed by atoms with E-state index in [1.54, 1.807) is 0 Å². The molecule has 1 aromatic rings.